The molecule has 1 aromatic heterocycles. The molecule has 26 heavy (non-hydrogen) atoms. The Morgan fingerprint density at radius 3 is 2.54 bits per heavy atom. The summed E-state index contributed by atoms with van der Waals surface area (Å²) in [7, 11) is 0. The highest BCUT2D eigenvalue weighted by molar-refractivity contribution is 5.94. The van der Waals surface area contributed by atoms with E-state index in [4.69, 9.17) is 5.73 Å². The summed E-state index contributed by atoms with van der Waals surface area (Å²) in [6.45, 7) is 1.77. The first-order chi connectivity index (χ1) is 12.8. The molecule has 0 radical (unpaired) electrons. The van der Waals surface area contributed by atoms with Crippen molar-refractivity contribution in [2.45, 2.75) is 32.2 Å². The molecular weight excluding hydrogens is 320 g/mol. The van der Waals surface area contributed by atoms with Crippen molar-refractivity contribution in [3.05, 3.63) is 72.1 Å². The number of pyridine rings is 1. The third-order valence-corrected chi connectivity index (χ3v) is 4.70. The van der Waals surface area contributed by atoms with Crippen molar-refractivity contribution in [2.75, 3.05) is 6.54 Å². The Bertz CT molecular complexity index is 886. The van der Waals surface area contributed by atoms with Gasteiger partial charge in [0, 0.05) is 30.2 Å². The molecule has 0 bridgehead atoms. The first kappa shape index (κ1) is 18.2. The summed E-state index contributed by atoms with van der Waals surface area (Å²) in [6, 6.07) is 18.1. The van der Waals surface area contributed by atoms with Crippen LogP contribution in [0.5, 0.6) is 5.75 Å². The summed E-state index contributed by atoms with van der Waals surface area (Å²) in [5, 5.41) is 12.5. The Morgan fingerprint density at radius 2 is 1.65 bits per heavy atom. The number of hydrogen-bond donors (Lipinski definition) is 2. The highest BCUT2D eigenvalue weighted by Crippen LogP contribution is 2.28. The lowest BCUT2D eigenvalue weighted by Crippen LogP contribution is -2.36. The number of aromatic hydroxyl groups is 1. The molecule has 3 heteroatoms. The predicted molar refractivity (Wildman–Crippen MR) is 109 cm³/mol. The zero-order valence-electron chi connectivity index (χ0n) is 15.1. The molecule has 134 valence electrons. The van der Waals surface area contributed by atoms with E-state index in [1.54, 1.807) is 6.07 Å². The van der Waals surface area contributed by atoms with Crippen LogP contribution in [-0.2, 0) is 6.54 Å². The van der Waals surface area contributed by atoms with E-state index in [9.17, 15) is 5.11 Å². The molecule has 0 aliphatic carbocycles. The lowest BCUT2D eigenvalue weighted by atomic mass is 10.0. The van der Waals surface area contributed by atoms with Crippen molar-refractivity contribution >= 4 is 22.9 Å². The zero-order valence-corrected chi connectivity index (χ0v) is 15.1. The molecule has 1 heterocycles. The highest BCUT2D eigenvalue weighted by atomic mass is 16.3. The van der Waals surface area contributed by atoms with E-state index >= 15 is 0 Å². The molecule has 0 atom stereocenters. The number of aromatic nitrogens is 1. The molecule has 3 rings (SSSR count). The Kier molecular flexibility index (Phi) is 6.39. The molecule has 0 unspecified atom stereocenters. The Balaban J connectivity index is 1.80. The second-order valence-corrected chi connectivity index (χ2v) is 6.57. The number of nitrogens with zero attached hydrogens (tertiary/aromatic N) is 1. The average molecular weight is 347 g/mol. The van der Waals surface area contributed by atoms with Crippen LogP contribution in [0.15, 0.2) is 60.8 Å². The lowest BCUT2D eigenvalue weighted by molar-refractivity contribution is -0.699. The van der Waals surface area contributed by atoms with Gasteiger partial charge in [0.25, 0.3) is 0 Å². The SMILES string of the molecule is NCCCCCC[n+]1ccccc1/C=C/c1c(O)ccc2ccccc12. The van der Waals surface area contributed by atoms with Crippen LogP contribution >= 0.6 is 0 Å². The minimum Gasteiger partial charge on any atom is -0.507 e. The summed E-state index contributed by atoms with van der Waals surface area (Å²) in [4.78, 5) is 0. The number of nitrogens with two attached hydrogens (primary N) is 1. The van der Waals surface area contributed by atoms with Gasteiger partial charge in [-0.1, -0.05) is 36.8 Å². The quantitative estimate of drug-likeness (QED) is 0.465. The molecule has 0 aliphatic rings. The van der Waals surface area contributed by atoms with Gasteiger partial charge < -0.3 is 10.8 Å². The molecular formula is C23H27N2O+. The summed E-state index contributed by atoms with van der Waals surface area (Å²) in [6.07, 6.45) is 10.9. The Hall–Kier alpha value is -2.65. The van der Waals surface area contributed by atoms with Crippen molar-refractivity contribution in [3.63, 3.8) is 0 Å². The zero-order chi connectivity index (χ0) is 18.2. The smallest absolute Gasteiger partial charge is 0.205 e. The molecule has 3 nitrogen and oxygen atoms in total. The largest absolute Gasteiger partial charge is 0.507 e. The van der Waals surface area contributed by atoms with Gasteiger partial charge in [0.05, 0.1) is 0 Å². The molecule has 0 amide bonds. The average Bonchev–Trinajstić information content (AvgIpc) is 2.68. The van der Waals surface area contributed by atoms with Crippen molar-refractivity contribution < 1.29 is 9.67 Å². The van der Waals surface area contributed by atoms with E-state index in [1.165, 1.54) is 12.8 Å². The Morgan fingerprint density at radius 1 is 0.846 bits per heavy atom. The summed E-state index contributed by atoms with van der Waals surface area (Å²) in [5.74, 6) is 0.309. The number of unbranched alkanes of at least 4 members (excludes halogenated alkanes) is 3. The number of hydrogen-bond acceptors (Lipinski definition) is 2. The molecule has 0 saturated heterocycles. The topological polar surface area (TPSA) is 50.1 Å². The second kappa shape index (κ2) is 9.16. The minimum atomic E-state index is 0.309. The van der Waals surface area contributed by atoms with E-state index < -0.39 is 0 Å². The molecule has 0 fully saturated rings. The third kappa shape index (κ3) is 4.50. The van der Waals surface area contributed by atoms with E-state index in [-0.39, 0.29) is 0 Å². The fourth-order valence-corrected chi connectivity index (χ4v) is 3.25. The molecule has 3 aromatic rings. The van der Waals surface area contributed by atoms with Gasteiger partial charge in [0.1, 0.15) is 12.3 Å². The van der Waals surface area contributed by atoms with Crippen LogP contribution < -0.4 is 10.3 Å². The maximum absolute atomic E-state index is 10.3. The summed E-state index contributed by atoms with van der Waals surface area (Å²) >= 11 is 0. The minimum absolute atomic E-state index is 0.309. The first-order valence-corrected chi connectivity index (χ1v) is 9.37. The summed E-state index contributed by atoms with van der Waals surface area (Å²) < 4.78 is 2.27. The number of benzene rings is 2. The van der Waals surface area contributed by atoms with Gasteiger partial charge in [-0.2, -0.15) is 4.57 Å². The highest BCUT2D eigenvalue weighted by Gasteiger charge is 2.08. The van der Waals surface area contributed by atoms with Crippen LogP contribution in [0.4, 0.5) is 0 Å². The van der Waals surface area contributed by atoms with Crippen LogP contribution in [0.2, 0.25) is 0 Å². The van der Waals surface area contributed by atoms with Gasteiger partial charge in [-0.05, 0) is 48.4 Å². The van der Waals surface area contributed by atoms with Crippen LogP contribution in [-0.4, -0.2) is 11.7 Å². The van der Waals surface area contributed by atoms with Gasteiger partial charge in [0.15, 0.2) is 6.20 Å². The number of aryl methyl sites for hydroxylation is 1. The number of fused-ring (bicyclic) bond motifs is 1. The van der Waals surface area contributed by atoms with E-state index in [0.29, 0.717) is 5.75 Å². The first-order valence-electron chi connectivity index (χ1n) is 9.37. The van der Waals surface area contributed by atoms with Gasteiger partial charge in [-0.15, -0.1) is 0 Å². The second-order valence-electron chi connectivity index (χ2n) is 6.57. The predicted octanol–water partition coefficient (Wildman–Crippen LogP) is 4.52. The fraction of sp³-hybridized carbons (Fsp3) is 0.261. The molecule has 0 aliphatic heterocycles. The van der Waals surface area contributed by atoms with Crippen LogP contribution in [0.3, 0.4) is 0 Å². The number of phenols is 1. The standard InChI is InChI=1S/C23H26N2O/c24-16-6-1-2-7-17-25-18-8-5-10-20(25)13-14-22-21-11-4-3-9-19(21)12-15-23(22)26/h3-5,8-15,18H,1-2,6-7,16-17,24H2/p+1. The lowest BCUT2D eigenvalue weighted by Gasteiger charge is -2.05. The monoisotopic (exact) mass is 347 g/mol. The van der Waals surface area contributed by atoms with E-state index in [0.717, 1.165) is 48.0 Å². The van der Waals surface area contributed by atoms with Crippen molar-refractivity contribution in [2.24, 2.45) is 5.73 Å². The van der Waals surface area contributed by atoms with Gasteiger partial charge in [-0.3, -0.25) is 0 Å². The normalized spacial score (nSPS) is 11.4. The van der Waals surface area contributed by atoms with Crippen molar-refractivity contribution in [1.29, 1.82) is 0 Å². The molecule has 2 aromatic carbocycles. The number of rotatable bonds is 8. The van der Waals surface area contributed by atoms with Crippen LogP contribution in [0.25, 0.3) is 22.9 Å². The number of phenolic OH excluding ortho intramolecular Hbond substituents is 1. The van der Waals surface area contributed by atoms with Crippen molar-refractivity contribution in [3.8, 4) is 5.75 Å². The molecule has 0 saturated carbocycles. The van der Waals surface area contributed by atoms with Crippen LogP contribution in [0, 0.1) is 0 Å². The molecule has 0 spiro atoms. The van der Waals surface area contributed by atoms with Gasteiger partial charge >= 0.3 is 0 Å². The molecule has 3 N–H and O–H groups in total. The van der Waals surface area contributed by atoms with Crippen LogP contribution in [0.1, 0.15) is 36.9 Å². The maximum Gasteiger partial charge on any atom is 0.205 e. The Labute approximate surface area is 155 Å². The van der Waals surface area contributed by atoms with Crippen molar-refractivity contribution in [1.82, 2.24) is 0 Å². The van der Waals surface area contributed by atoms with E-state index in [1.807, 2.05) is 36.4 Å². The fourth-order valence-electron chi connectivity index (χ4n) is 3.25. The third-order valence-electron chi connectivity index (χ3n) is 4.70. The van der Waals surface area contributed by atoms with Gasteiger partial charge in [-0.25, -0.2) is 0 Å². The van der Waals surface area contributed by atoms with E-state index in [2.05, 4.69) is 35.0 Å². The summed E-state index contributed by atoms with van der Waals surface area (Å²) in [5.41, 5.74) is 7.56. The maximum atomic E-state index is 10.3. The van der Waals surface area contributed by atoms with Gasteiger partial charge in [0.2, 0.25) is 5.69 Å².